The molecule has 0 aliphatic carbocycles. The molecule has 0 bridgehead atoms. The molecule has 5 nitrogen and oxygen atoms in total. The lowest BCUT2D eigenvalue weighted by Gasteiger charge is -2.05. The van der Waals surface area contributed by atoms with E-state index in [9.17, 15) is 4.79 Å². The molecule has 2 N–H and O–H groups in total. The first-order valence-corrected chi connectivity index (χ1v) is 5.95. The van der Waals surface area contributed by atoms with E-state index in [1.54, 1.807) is 11.3 Å². The summed E-state index contributed by atoms with van der Waals surface area (Å²) >= 11 is 1.63. The van der Waals surface area contributed by atoms with E-state index in [0.717, 1.165) is 0 Å². The van der Waals surface area contributed by atoms with Gasteiger partial charge in [0.1, 0.15) is 11.9 Å². The van der Waals surface area contributed by atoms with Gasteiger partial charge in [-0.05, 0) is 22.4 Å². The third kappa shape index (κ3) is 3.08. The van der Waals surface area contributed by atoms with Gasteiger partial charge in [0.25, 0.3) is 0 Å². The molecule has 0 aliphatic heterocycles. The number of carbonyl (C=O) groups is 1. The van der Waals surface area contributed by atoms with E-state index in [0.29, 0.717) is 18.8 Å². The molecule has 0 fully saturated rings. The standard InChI is InChI=1S/C11H11N3O2S/c15-11(16)9-4-13-7-14-10(9)5-12-3-8-1-2-17-6-8/h1-2,4,6-7,12H,3,5H2,(H,15,16). The van der Waals surface area contributed by atoms with Gasteiger partial charge in [0, 0.05) is 19.3 Å². The van der Waals surface area contributed by atoms with Gasteiger partial charge in [0.2, 0.25) is 0 Å². The van der Waals surface area contributed by atoms with Crippen LogP contribution in [-0.4, -0.2) is 21.0 Å². The van der Waals surface area contributed by atoms with Gasteiger partial charge < -0.3 is 10.4 Å². The second-order valence-corrected chi connectivity index (χ2v) is 4.20. The molecule has 2 heterocycles. The second kappa shape index (κ2) is 5.51. The van der Waals surface area contributed by atoms with Crippen LogP contribution in [-0.2, 0) is 13.1 Å². The van der Waals surface area contributed by atoms with Crippen molar-refractivity contribution in [1.29, 1.82) is 0 Å². The van der Waals surface area contributed by atoms with Crippen LogP contribution in [0.15, 0.2) is 29.4 Å². The summed E-state index contributed by atoms with van der Waals surface area (Å²) in [5, 5.41) is 16.1. The van der Waals surface area contributed by atoms with E-state index in [2.05, 4.69) is 15.3 Å². The Labute approximate surface area is 102 Å². The Bertz CT molecular complexity index is 499. The SMILES string of the molecule is O=C(O)c1cncnc1CNCc1ccsc1. The normalized spacial score (nSPS) is 10.4. The summed E-state index contributed by atoms with van der Waals surface area (Å²) in [5.74, 6) is -1.00. The van der Waals surface area contributed by atoms with Crippen molar-refractivity contribution in [3.05, 3.63) is 46.2 Å². The second-order valence-electron chi connectivity index (χ2n) is 3.42. The Morgan fingerprint density at radius 2 is 2.35 bits per heavy atom. The lowest BCUT2D eigenvalue weighted by atomic mass is 10.2. The summed E-state index contributed by atoms with van der Waals surface area (Å²) in [6.45, 7) is 1.12. The minimum atomic E-state index is -1.00. The van der Waals surface area contributed by atoms with Gasteiger partial charge in [-0.1, -0.05) is 0 Å². The Morgan fingerprint density at radius 1 is 1.47 bits per heavy atom. The average Bonchev–Trinajstić information content (AvgIpc) is 2.82. The zero-order valence-electron chi connectivity index (χ0n) is 8.96. The first kappa shape index (κ1) is 11.7. The van der Waals surface area contributed by atoms with Gasteiger partial charge in [-0.3, -0.25) is 0 Å². The number of hydrogen-bond donors (Lipinski definition) is 2. The Balaban J connectivity index is 1.97. The molecular formula is C11H11N3O2S. The molecule has 0 amide bonds. The van der Waals surface area contributed by atoms with Gasteiger partial charge in [0.05, 0.1) is 5.69 Å². The number of nitrogens with zero attached hydrogens (tertiary/aromatic N) is 2. The first-order chi connectivity index (χ1) is 8.27. The Kier molecular flexibility index (Phi) is 3.79. The van der Waals surface area contributed by atoms with Crippen LogP contribution >= 0.6 is 11.3 Å². The van der Waals surface area contributed by atoms with Crippen LogP contribution in [0.4, 0.5) is 0 Å². The van der Waals surface area contributed by atoms with E-state index in [4.69, 9.17) is 5.11 Å². The molecule has 6 heteroatoms. The highest BCUT2D eigenvalue weighted by Crippen LogP contribution is 2.07. The number of rotatable bonds is 5. The molecule has 0 atom stereocenters. The fourth-order valence-electron chi connectivity index (χ4n) is 1.39. The molecule has 88 valence electrons. The number of thiophene rings is 1. The summed E-state index contributed by atoms with van der Waals surface area (Å²) in [6.07, 6.45) is 2.67. The molecular weight excluding hydrogens is 238 g/mol. The van der Waals surface area contributed by atoms with E-state index in [1.807, 2.05) is 16.8 Å². The van der Waals surface area contributed by atoms with Crippen LogP contribution < -0.4 is 5.32 Å². The minimum Gasteiger partial charge on any atom is -0.478 e. The number of carboxylic acids is 1. The number of hydrogen-bond acceptors (Lipinski definition) is 5. The minimum absolute atomic E-state index is 0.144. The molecule has 2 aromatic heterocycles. The van der Waals surface area contributed by atoms with Crippen molar-refractivity contribution in [2.24, 2.45) is 0 Å². The summed E-state index contributed by atoms with van der Waals surface area (Å²) in [4.78, 5) is 18.6. The number of aromatic carboxylic acids is 1. The van der Waals surface area contributed by atoms with Gasteiger partial charge in [-0.2, -0.15) is 11.3 Å². The van der Waals surface area contributed by atoms with Crippen molar-refractivity contribution in [3.8, 4) is 0 Å². The summed E-state index contributed by atoms with van der Waals surface area (Å²) < 4.78 is 0. The molecule has 0 aromatic carbocycles. The summed E-state index contributed by atoms with van der Waals surface area (Å²) in [7, 11) is 0. The highest BCUT2D eigenvalue weighted by Gasteiger charge is 2.10. The summed E-state index contributed by atoms with van der Waals surface area (Å²) in [6, 6.07) is 2.02. The number of carboxylic acid groups (broad SMARTS) is 1. The molecule has 0 spiro atoms. The predicted molar refractivity (Wildman–Crippen MR) is 63.9 cm³/mol. The third-order valence-electron chi connectivity index (χ3n) is 2.23. The van der Waals surface area contributed by atoms with Crippen LogP contribution in [0.1, 0.15) is 21.6 Å². The van der Waals surface area contributed by atoms with Crippen molar-refractivity contribution < 1.29 is 9.90 Å². The molecule has 17 heavy (non-hydrogen) atoms. The highest BCUT2D eigenvalue weighted by atomic mass is 32.1. The Hall–Kier alpha value is -1.79. The van der Waals surface area contributed by atoms with Crippen LogP contribution in [0.25, 0.3) is 0 Å². The molecule has 2 rings (SSSR count). The molecule has 0 radical (unpaired) electrons. The topological polar surface area (TPSA) is 75.1 Å². The van der Waals surface area contributed by atoms with E-state index in [1.165, 1.54) is 18.1 Å². The van der Waals surface area contributed by atoms with Crippen LogP contribution in [0, 0.1) is 0 Å². The zero-order chi connectivity index (χ0) is 12.1. The van der Waals surface area contributed by atoms with E-state index in [-0.39, 0.29) is 5.56 Å². The van der Waals surface area contributed by atoms with Crippen molar-refractivity contribution in [2.75, 3.05) is 0 Å². The smallest absolute Gasteiger partial charge is 0.339 e. The maximum absolute atomic E-state index is 10.9. The molecule has 2 aromatic rings. The van der Waals surface area contributed by atoms with Crippen molar-refractivity contribution in [3.63, 3.8) is 0 Å². The zero-order valence-corrected chi connectivity index (χ0v) is 9.78. The van der Waals surface area contributed by atoms with Gasteiger partial charge in [0.15, 0.2) is 0 Å². The predicted octanol–water partition coefficient (Wildman–Crippen LogP) is 1.53. The van der Waals surface area contributed by atoms with Crippen LogP contribution in [0.2, 0.25) is 0 Å². The fraction of sp³-hybridized carbons (Fsp3) is 0.182. The lowest BCUT2D eigenvalue weighted by Crippen LogP contribution is -2.16. The fourth-order valence-corrected chi connectivity index (χ4v) is 2.06. The largest absolute Gasteiger partial charge is 0.478 e. The number of nitrogens with one attached hydrogen (secondary N) is 1. The molecule has 0 unspecified atom stereocenters. The molecule has 0 saturated heterocycles. The maximum atomic E-state index is 10.9. The maximum Gasteiger partial charge on any atom is 0.339 e. The van der Waals surface area contributed by atoms with E-state index < -0.39 is 5.97 Å². The van der Waals surface area contributed by atoms with Crippen molar-refractivity contribution >= 4 is 17.3 Å². The number of aromatic nitrogens is 2. The van der Waals surface area contributed by atoms with Crippen molar-refractivity contribution in [2.45, 2.75) is 13.1 Å². The third-order valence-corrected chi connectivity index (χ3v) is 2.96. The Morgan fingerprint density at radius 3 is 3.06 bits per heavy atom. The first-order valence-electron chi connectivity index (χ1n) is 5.01. The highest BCUT2D eigenvalue weighted by molar-refractivity contribution is 7.07. The van der Waals surface area contributed by atoms with Crippen LogP contribution in [0.5, 0.6) is 0 Å². The monoisotopic (exact) mass is 249 g/mol. The summed E-state index contributed by atoms with van der Waals surface area (Å²) in [5.41, 5.74) is 1.83. The van der Waals surface area contributed by atoms with Gasteiger partial charge in [-0.15, -0.1) is 0 Å². The van der Waals surface area contributed by atoms with Gasteiger partial charge in [-0.25, -0.2) is 14.8 Å². The van der Waals surface area contributed by atoms with Crippen LogP contribution in [0.3, 0.4) is 0 Å². The lowest BCUT2D eigenvalue weighted by molar-refractivity contribution is 0.0694. The van der Waals surface area contributed by atoms with E-state index >= 15 is 0 Å². The molecule has 0 saturated carbocycles. The average molecular weight is 249 g/mol. The quantitative estimate of drug-likeness (QED) is 0.840. The van der Waals surface area contributed by atoms with Crippen molar-refractivity contribution in [1.82, 2.24) is 15.3 Å². The van der Waals surface area contributed by atoms with Gasteiger partial charge >= 0.3 is 5.97 Å². The molecule has 0 aliphatic rings.